The number of hydrogen-bond donors (Lipinski definition) is 8. The van der Waals surface area contributed by atoms with Gasteiger partial charge in [0, 0.05) is 110 Å². The second-order valence-corrected chi connectivity index (χ2v) is 47.5. The summed E-state index contributed by atoms with van der Waals surface area (Å²) in [6, 6.07) is 5.19. The van der Waals surface area contributed by atoms with Crippen LogP contribution in [0.3, 0.4) is 0 Å². The summed E-state index contributed by atoms with van der Waals surface area (Å²) >= 11 is 5.28. The molecule has 784 valence electrons. The van der Waals surface area contributed by atoms with E-state index < -0.39 is 231 Å². The van der Waals surface area contributed by atoms with E-state index in [1.54, 1.807) is 66.1 Å². The summed E-state index contributed by atoms with van der Waals surface area (Å²) in [5.74, 6) is 1.18. The Morgan fingerprint density at radius 1 is 0.307 bits per heavy atom. The zero-order chi connectivity index (χ0) is 103. The SMILES string of the molecule is [B]P1(=O)OC[C@H]2O[C@@H](n3cc4c5c(ncnc53)NOCC4)C(F)[C@H]2OP(O)(=S)OC[C@H]2O[C@@H](n3cc4c5c(ccnc53)NOCC4)[C@@H](F)C2O1.[B]P1(=O)OC[C@H]2O[C@@H](n3cc4c5c(ncnc53)NOCC4)C(F)[C@H]2OP([B])(=O)OC[C@H]2O[C@@H](n3cc4c5c(ccnc53)NOCC4)[C@@H](F)C2O1.[B]P1(=O)OC[C@H]2O[C@@H](n3cc4c5c(ncnc53)NOCC4)C(F)[C@H]2OP([B])(=O)OC[C@H]2O[C@@H](n3cc4c5c(ccnc53)NOCC4)[C@@H](O)C2O1. The van der Waals surface area contributed by atoms with Gasteiger partial charge in [-0.2, -0.15) is 0 Å². The minimum absolute atomic E-state index is 0.307. The molecule has 69 heteroatoms. The number of ether oxygens (including phenoxy) is 6. The molecular weight excluding hydrogens is 2130 g/mol. The topological polar surface area (TPSA) is 565 Å². The van der Waals surface area contributed by atoms with Gasteiger partial charge in [0.05, 0.1) is 113 Å². The lowest BCUT2D eigenvalue weighted by molar-refractivity contribution is -0.0564. The highest BCUT2D eigenvalue weighted by molar-refractivity contribution is 8.07. The summed E-state index contributed by atoms with van der Waals surface area (Å²) in [7, 11) is 7.15. The first-order valence-electron chi connectivity index (χ1n) is 47.0. The highest BCUT2D eigenvalue weighted by atomic mass is 32.5. The summed E-state index contributed by atoms with van der Waals surface area (Å²) in [5, 5.41) is 15.5. The third-order valence-electron chi connectivity index (χ3n) is 27.7. The van der Waals surface area contributed by atoms with Crippen LogP contribution in [0, 0.1) is 0 Å². The average Bonchev–Trinajstić information content (AvgIpc) is 1.61. The fourth-order valence-corrected chi connectivity index (χ4v) is 27.6. The molecule has 0 aromatic carbocycles. The van der Waals surface area contributed by atoms with Crippen LogP contribution in [-0.2, 0) is 185 Å². The Labute approximate surface area is 853 Å². The maximum atomic E-state index is 16.4. The van der Waals surface area contributed by atoms with Crippen molar-refractivity contribution >= 4 is 194 Å². The van der Waals surface area contributed by atoms with Crippen molar-refractivity contribution in [2.45, 2.75) is 186 Å². The summed E-state index contributed by atoms with van der Waals surface area (Å²) in [6.45, 7) is -6.05. The summed E-state index contributed by atoms with van der Waals surface area (Å²) in [4.78, 5) is 82.4. The van der Waals surface area contributed by atoms with Gasteiger partial charge in [0.2, 0.25) is 37.8 Å². The molecule has 12 aromatic rings. The third-order valence-corrected chi connectivity index (χ3v) is 34.5. The molecule has 0 spiro atoms. The Morgan fingerprint density at radius 3 is 0.820 bits per heavy atom. The molecule has 8 N–H and O–H groups in total. The first-order chi connectivity index (χ1) is 72.2. The van der Waals surface area contributed by atoms with Crippen LogP contribution in [0.5, 0.6) is 0 Å². The lowest BCUT2D eigenvalue weighted by Crippen LogP contribution is -2.38. The maximum absolute atomic E-state index is 16.4. The quantitative estimate of drug-likeness (QED) is 0.0440. The van der Waals surface area contributed by atoms with E-state index in [1.165, 1.54) is 54.2 Å². The summed E-state index contributed by atoms with van der Waals surface area (Å²) < 4.78 is 262. The van der Waals surface area contributed by atoms with E-state index >= 15 is 22.0 Å². The van der Waals surface area contributed by atoms with Crippen LogP contribution in [-0.4, -0.2) is 310 Å². The van der Waals surface area contributed by atoms with Crippen LogP contribution < -0.4 is 32.9 Å². The minimum atomic E-state index is -4.59. The number of halogens is 5. The van der Waals surface area contributed by atoms with Crippen molar-refractivity contribution in [2.24, 2.45) is 0 Å². The van der Waals surface area contributed by atoms with Gasteiger partial charge in [-0.25, -0.2) is 83.2 Å². The predicted octanol–water partition coefficient (Wildman–Crippen LogP) is 8.33. The fourth-order valence-electron chi connectivity index (χ4n) is 21.1. The van der Waals surface area contributed by atoms with Crippen molar-refractivity contribution in [1.29, 1.82) is 0 Å². The molecule has 0 saturated carbocycles. The molecular formula is C81H83B5F5N21O31P6S. The largest absolute Gasteiger partial charge is 0.386 e. The van der Waals surface area contributed by atoms with E-state index in [0.29, 0.717) is 173 Å². The number of pyridine rings is 3. The Balaban J connectivity index is 0.000000116. The van der Waals surface area contributed by atoms with Gasteiger partial charge >= 0.3 is 6.72 Å². The van der Waals surface area contributed by atoms with Crippen LogP contribution >= 0.6 is 44.1 Å². The number of anilines is 6. The van der Waals surface area contributed by atoms with E-state index in [0.717, 1.165) is 38.8 Å². The van der Waals surface area contributed by atoms with E-state index in [4.69, 9.17) is 161 Å². The molecule has 9 saturated heterocycles. The van der Waals surface area contributed by atoms with Gasteiger partial charge in [-0.1, -0.05) is 0 Å². The number of aliphatic hydroxyl groups excluding tert-OH is 1. The Hall–Kier alpha value is -8.54. The van der Waals surface area contributed by atoms with E-state index in [9.17, 15) is 32.8 Å². The normalized spacial score (nSPS) is 37.5. The van der Waals surface area contributed by atoms with Crippen LogP contribution in [0.1, 0.15) is 70.7 Å². The second-order valence-electron chi connectivity index (χ2n) is 37.0. The number of alkyl halides is 5. The minimum Gasteiger partial charge on any atom is -0.386 e. The van der Waals surface area contributed by atoms with Gasteiger partial charge in [0.15, 0.2) is 85.7 Å². The second kappa shape index (κ2) is 40.0. The molecule has 0 aliphatic carbocycles. The number of nitrogens with zero attached hydrogens (tertiary/aromatic N) is 15. The van der Waals surface area contributed by atoms with E-state index in [2.05, 4.69) is 77.7 Å². The molecule has 27 heterocycles. The molecule has 30 atom stereocenters. The molecule has 12 aromatic heterocycles. The number of hydrogen-bond acceptors (Lipinski definition) is 46. The summed E-state index contributed by atoms with van der Waals surface area (Å²) in [6.07, 6.45) is -15.5. The fraction of sp³-hybridized carbons (Fsp3) is 0.519. The molecule has 15 aliphatic heterocycles. The van der Waals surface area contributed by atoms with Gasteiger partial charge in [-0.3, -0.25) is 72.8 Å². The number of aromatic nitrogens is 15. The van der Waals surface area contributed by atoms with Crippen molar-refractivity contribution in [1.82, 2.24) is 72.3 Å². The number of rotatable bonds is 6. The molecule has 0 bridgehead atoms. The molecule has 27 rings (SSSR count). The number of nitrogens with one attached hydrogen (secondary N) is 6. The zero-order valence-electron chi connectivity index (χ0n) is 77.6. The number of aliphatic hydroxyl groups is 1. The third kappa shape index (κ3) is 19.0. The first-order valence-corrected chi connectivity index (χ1v) is 57.7. The smallest absolute Gasteiger partial charge is 0.325 e. The van der Waals surface area contributed by atoms with Gasteiger partial charge in [0.1, 0.15) is 132 Å². The van der Waals surface area contributed by atoms with Crippen molar-refractivity contribution in [3.05, 3.63) is 126 Å². The maximum Gasteiger partial charge on any atom is 0.325 e. The molecule has 9 fully saturated rings. The average molecular weight is 2210 g/mol. The van der Waals surface area contributed by atoms with Crippen molar-refractivity contribution in [3.8, 4) is 0 Å². The van der Waals surface area contributed by atoms with E-state index in [-0.39, 0.29) is 0 Å². The molecule has 10 radical (unpaired) electrons. The lowest BCUT2D eigenvalue weighted by Gasteiger charge is -2.30. The highest BCUT2D eigenvalue weighted by Gasteiger charge is 2.60. The first kappa shape index (κ1) is 102. The molecule has 0 amide bonds. The summed E-state index contributed by atoms with van der Waals surface area (Å²) in [5.41, 5.74) is 25.8. The molecule has 12 unspecified atom stereocenters. The van der Waals surface area contributed by atoms with Crippen LogP contribution in [0.2, 0.25) is 0 Å². The van der Waals surface area contributed by atoms with Crippen LogP contribution in [0.15, 0.2) is 93.0 Å². The Morgan fingerprint density at radius 2 is 0.533 bits per heavy atom. The van der Waals surface area contributed by atoms with Crippen LogP contribution in [0.25, 0.3) is 66.2 Å². The standard InChI is InChI=1S/C27H27B2F2N7O10P2.C27H28B2FN7O11P2.C27H28BF2N7O10P2S/c28-49(39)44-10-16-22(20(31)27(46-16)38-8-13-3-6-42-36-23-18(13)25(38)34-11-33-23)48-50(29,40)43-9-15-21(47-49)19(30)26(45-15)37-7-12-2-5-41-35-14-1-4-32-24(37)17(12)14;28-49(39)44-10-16-22(20(38)27(46-16)37-7-12-2-5-41-34-14-1-4-31-24(37)17(12)14)48-50(29,40)43-9-15-21(47-49)19(30)26(45-15)36-8-13-3-6-42-35-23-18(13)25(36)33-11-32-23;28-48(38)42-9-15-22(20(30)27(44-15)37-8-13-3-6-41-35-23-18(13)25(37)33-11-32-23)47-49(39,50)43-10-16-21(46-48)19(29)26(45-16)36-7-12-2-5-40-34-14-1-4-31-24(36)17(12)14/h1,4,7-8,11,15-16,19-22,26-27,35H,2-3,5-6,9-10H2,(H,33,34,36);1,4,7-8,11,15-16,19-22,26-27,34,38H,2-3,5-6,9-10H2,(H,32,33,35);1,4,7-8,11,15-16,19-22,26-27,34H,2-3,5-6,9-10H2,(H,39,50)(H,32,33,35)/t15-,16-,19+,20?,21?,22+,26-,27-,49?,50?;15-,16-,19?,20+,21+,22?,26-,27-,49?,50?;15-,16-,19+,20?,21?,22+,26-,27-,48?,49?/m111/s1. The molecule has 150 heavy (non-hydrogen) atoms. The van der Waals surface area contributed by atoms with E-state index in [1.807, 2.05) is 0 Å². The molecule has 52 nitrogen and oxygen atoms in total. The van der Waals surface area contributed by atoms with Crippen LogP contribution in [0.4, 0.5) is 56.5 Å². The molecule has 15 aliphatic rings. The predicted molar refractivity (Wildman–Crippen MR) is 514 cm³/mol. The Kier molecular flexibility index (Phi) is 27.2. The van der Waals surface area contributed by atoms with Crippen molar-refractivity contribution in [2.75, 3.05) is 112 Å². The van der Waals surface area contributed by atoms with Crippen molar-refractivity contribution in [3.63, 3.8) is 0 Å². The van der Waals surface area contributed by atoms with Crippen molar-refractivity contribution < 1.29 is 167 Å². The van der Waals surface area contributed by atoms with Gasteiger partial charge < -0.3 is 116 Å². The zero-order valence-corrected chi connectivity index (χ0v) is 83.7. The van der Waals surface area contributed by atoms with Gasteiger partial charge in [-0.05, 0) is 63.4 Å². The monoisotopic (exact) mass is 2210 g/mol. The Bertz CT molecular complexity index is 6490. The highest BCUT2D eigenvalue weighted by Crippen LogP contribution is 2.61. The number of fused-ring (bicyclic) bond motifs is 6. The van der Waals surface area contributed by atoms with Gasteiger partial charge in [0.25, 0.3) is 37.4 Å². The van der Waals surface area contributed by atoms with Gasteiger partial charge in [-0.15, -0.1) is 0 Å². The lowest BCUT2D eigenvalue weighted by atomic mass is 10.1.